The molecule has 2 N–H and O–H groups in total. The van der Waals surface area contributed by atoms with Gasteiger partial charge in [0.15, 0.2) is 5.82 Å². The van der Waals surface area contributed by atoms with Gasteiger partial charge in [-0.2, -0.15) is 5.10 Å². The molecular weight excluding hydrogens is 294 g/mol. The molecule has 2 atom stereocenters. The smallest absolute Gasteiger partial charge is 0.253 e. The van der Waals surface area contributed by atoms with Crippen molar-refractivity contribution < 1.29 is 9.53 Å². The maximum Gasteiger partial charge on any atom is 0.253 e. The molecule has 1 saturated heterocycles. The average Bonchev–Trinajstić information content (AvgIpc) is 3.09. The van der Waals surface area contributed by atoms with Gasteiger partial charge in [0.1, 0.15) is 12.4 Å². The van der Waals surface area contributed by atoms with E-state index in [1.54, 1.807) is 6.20 Å². The normalized spacial score (nSPS) is 23.8. The van der Waals surface area contributed by atoms with Gasteiger partial charge in [0.05, 0.1) is 17.4 Å². The number of nitrogens with zero attached hydrogens (tertiary/aromatic N) is 3. The third-order valence-corrected chi connectivity index (χ3v) is 4.38. The maximum absolute atomic E-state index is 12.4. The number of amides is 1. The van der Waals surface area contributed by atoms with Crippen LogP contribution in [0.2, 0.25) is 0 Å². The van der Waals surface area contributed by atoms with Crippen molar-refractivity contribution in [1.29, 1.82) is 0 Å². The van der Waals surface area contributed by atoms with Gasteiger partial charge in [0.25, 0.3) is 5.91 Å². The first-order valence-corrected chi connectivity index (χ1v) is 8.05. The molecule has 0 radical (unpaired) electrons. The number of nitrogens with one attached hydrogen (secondary N) is 2. The highest BCUT2D eigenvalue weighted by Gasteiger charge is 2.31. The summed E-state index contributed by atoms with van der Waals surface area (Å²) in [4.78, 5) is 20.9. The summed E-state index contributed by atoms with van der Waals surface area (Å²) in [5, 5.41) is 9.66. The van der Waals surface area contributed by atoms with Crippen LogP contribution in [0.4, 0.5) is 0 Å². The Morgan fingerprint density at radius 1 is 1.30 bits per heavy atom. The van der Waals surface area contributed by atoms with E-state index >= 15 is 0 Å². The van der Waals surface area contributed by atoms with Crippen molar-refractivity contribution in [2.24, 2.45) is 0 Å². The molecule has 2 aliphatic rings. The highest BCUT2D eigenvalue weighted by molar-refractivity contribution is 5.95. The Bertz CT molecular complexity index is 684. The summed E-state index contributed by atoms with van der Waals surface area (Å²) in [6.45, 7) is 0.502. The molecule has 0 unspecified atom stereocenters. The molecule has 1 aliphatic carbocycles. The fraction of sp³-hybridized carbons (Fsp3) is 0.500. The van der Waals surface area contributed by atoms with Crippen LogP contribution in [-0.4, -0.2) is 38.7 Å². The minimum absolute atomic E-state index is 0.00935. The van der Waals surface area contributed by atoms with Gasteiger partial charge in [-0.15, -0.1) is 0 Å². The SMILES string of the molecule is O=C(NC[C@H]1CC[C@@H](c2ncn[nH]2)O1)c1cccnc1C1CC1. The first-order chi connectivity index (χ1) is 11.3. The Balaban J connectivity index is 1.34. The second-order valence-corrected chi connectivity index (χ2v) is 6.12. The monoisotopic (exact) mass is 313 g/mol. The van der Waals surface area contributed by atoms with E-state index in [4.69, 9.17) is 4.74 Å². The van der Waals surface area contributed by atoms with Gasteiger partial charge in [0, 0.05) is 18.7 Å². The largest absolute Gasteiger partial charge is 0.365 e. The first kappa shape index (κ1) is 14.3. The molecule has 2 fully saturated rings. The number of hydrogen-bond acceptors (Lipinski definition) is 5. The Hall–Kier alpha value is -2.28. The molecule has 0 spiro atoms. The van der Waals surface area contributed by atoms with Crippen LogP contribution in [0.5, 0.6) is 0 Å². The van der Waals surface area contributed by atoms with Crippen molar-refractivity contribution in [2.45, 2.75) is 43.8 Å². The summed E-state index contributed by atoms with van der Waals surface area (Å²) in [5.41, 5.74) is 1.62. The molecule has 3 heterocycles. The minimum Gasteiger partial charge on any atom is -0.365 e. The quantitative estimate of drug-likeness (QED) is 0.877. The van der Waals surface area contributed by atoms with Crippen LogP contribution in [-0.2, 0) is 4.74 Å². The number of H-pyrrole nitrogens is 1. The summed E-state index contributed by atoms with van der Waals surface area (Å²) < 4.78 is 5.92. The second kappa shape index (κ2) is 6.08. The van der Waals surface area contributed by atoms with Crippen molar-refractivity contribution in [3.63, 3.8) is 0 Å². The van der Waals surface area contributed by atoms with E-state index in [1.165, 1.54) is 6.33 Å². The van der Waals surface area contributed by atoms with E-state index in [9.17, 15) is 4.79 Å². The zero-order chi connectivity index (χ0) is 15.6. The maximum atomic E-state index is 12.4. The van der Waals surface area contributed by atoms with Crippen LogP contribution in [0.3, 0.4) is 0 Å². The van der Waals surface area contributed by atoms with E-state index in [-0.39, 0.29) is 18.1 Å². The van der Waals surface area contributed by atoms with Crippen molar-refractivity contribution in [3.8, 4) is 0 Å². The molecule has 1 amide bonds. The third kappa shape index (κ3) is 3.10. The van der Waals surface area contributed by atoms with E-state index in [0.717, 1.165) is 37.2 Å². The van der Waals surface area contributed by atoms with Crippen LogP contribution < -0.4 is 5.32 Å². The standard InChI is InChI=1S/C16H19N5O2/c22-16(12-2-1-7-17-14(12)10-3-4-10)18-8-11-5-6-13(23-11)15-19-9-20-21-15/h1-2,7,9-11,13H,3-6,8H2,(H,18,22)(H,19,20,21)/t11-,13+/m1/s1. The van der Waals surface area contributed by atoms with E-state index < -0.39 is 0 Å². The van der Waals surface area contributed by atoms with Gasteiger partial charge in [-0.1, -0.05) is 0 Å². The number of hydrogen-bond donors (Lipinski definition) is 2. The Morgan fingerprint density at radius 3 is 3.00 bits per heavy atom. The third-order valence-electron chi connectivity index (χ3n) is 4.38. The van der Waals surface area contributed by atoms with Crippen LogP contribution in [0.15, 0.2) is 24.7 Å². The van der Waals surface area contributed by atoms with Crippen molar-refractivity contribution in [2.75, 3.05) is 6.54 Å². The van der Waals surface area contributed by atoms with E-state index in [0.29, 0.717) is 18.0 Å². The zero-order valence-corrected chi connectivity index (χ0v) is 12.7. The molecule has 1 saturated carbocycles. The van der Waals surface area contributed by atoms with Gasteiger partial charge in [0.2, 0.25) is 0 Å². The van der Waals surface area contributed by atoms with Crippen molar-refractivity contribution in [1.82, 2.24) is 25.5 Å². The summed E-state index contributed by atoms with van der Waals surface area (Å²) in [5.74, 6) is 1.14. The van der Waals surface area contributed by atoms with Crippen molar-refractivity contribution in [3.05, 3.63) is 41.7 Å². The van der Waals surface area contributed by atoms with Crippen LogP contribution in [0.1, 0.15) is 59.6 Å². The lowest BCUT2D eigenvalue weighted by molar-refractivity contribution is 0.0392. The zero-order valence-electron chi connectivity index (χ0n) is 12.7. The number of aromatic nitrogens is 4. The molecule has 23 heavy (non-hydrogen) atoms. The number of rotatable bonds is 5. The molecule has 1 aliphatic heterocycles. The van der Waals surface area contributed by atoms with Crippen LogP contribution in [0, 0.1) is 0 Å². The number of carbonyl (C=O) groups is 1. The Morgan fingerprint density at radius 2 is 2.22 bits per heavy atom. The molecule has 4 rings (SSSR count). The summed E-state index contributed by atoms with van der Waals surface area (Å²) in [6, 6.07) is 3.66. The number of carbonyl (C=O) groups excluding carboxylic acids is 1. The Kier molecular flexibility index (Phi) is 3.78. The lowest BCUT2D eigenvalue weighted by Gasteiger charge is -2.14. The molecule has 0 aromatic carbocycles. The van der Waals surface area contributed by atoms with E-state index in [2.05, 4.69) is 25.5 Å². The Labute approximate surface area is 133 Å². The second-order valence-electron chi connectivity index (χ2n) is 6.12. The molecule has 120 valence electrons. The highest BCUT2D eigenvalue weighted by Crippen LogP contribution is 2.40. The minimum atomic E-state index is -0.0632. The van der Waals surface area contributed by atoms with Crippen molar-refractivity contribution >= 4 is 5.91 Å². The summed E-state index contributed by atoms with van der Waals surface area (Å²) in [7, 11) is 0. The average molecular weight is 313 g/mol. The molecule has 2 aromatic heterocycles. The predicted octanol–water partition coefficient (Wildman–Crippen LogP) is 1.73. The number of ether oxygens (including phenoxy) is 1. The fourth-order valence-electron chi connectivity index (χ4n) is 3.02. The van der Waals surface area contributed by atoms with Gasteiger partial charge in [-0.05, 0) is 37.8 Å². The molecule has 2 aromatic rings. The molecule has 7 nitrogen and oxygen atoms in total. The lowest BCUT2D eigenvalue weighted by Crippen LogP contribution is -2.32. The molecule has 7 heteroatoms. The van der Waals surface area contributed by atoms with Gasteiger partial charge < -0.3 is 10.1 Å². The highest BCUT2D eigenvalue weighted by atomic mass is 16.5. The van der Waals surface area contributed by atoms with Gasteiger partial charge in [-0.3, -0.25) is 14.9 Å². The molecule has 0 bridgehead atoms. The lowest BCUT2D eigenvalue weighted by atomic mass is 10.1. The number of aromatic amines is 1. The first-order valence-electron chi connectivity index (χ1n) is 8.05. The number of pyridine rings is 1. The molecular formula is C16H19N5O2. The summed E-state index contributed by atoms with van der Waals surface area (Å²) in [6.07, 6.45) is 7.23. The van der Waals surface area contributed by atoms with E-state index in [1.807, 2.05) is 12.1 Å². The predicted molar refractivity (Wildman–Crippen MR) is 81.8 cm³/mol. The van der Waals surface area contributed by atoms with Gasteiger partial charge in [-0.25, -0.2) is 4.98 Å². The van der Waals surface area contributed by atoms with Gasteiger partial charge >= 0.3 is 0 Å². The van der Waals surface area contributed by atoms with Crippen LogP contribution >= 0.6 is 0 Å². The fourth-order valence-corrected chi connectivity index (χ4v) is 3.02. The van der Waals surface area contributed by atoms with Crippen LogP contribution in [0.25, 0.3) is 0 Å². The summed E-state index contributed by atoms with van der Waals surface area (Å²) >= 11 is 0. The topological polar surface area (TPSA) is 92.8 Å².